The Morgan fingerprint density at radius 2 is 2.00 bits per heavy atom. The van der Waals surface area contributed by atoms with Crippen molar-refractivity contribution in [3.63, 3.8) is 0 Å². The Bertz CT molecular complexity index is 538. The highest BCUT2D eigenvalue weighted by Gasteiger charge is 2.12. The van der Waals surface area contributed by atoms with Crippen LogP contribution in [0.4, 0.5) is 5.69 Å². The Hall–Kier alpha value is -0.880. The van der Waals surface area contributed by atoms with Gasteiger partial charge in [-0.05, 0) is 31.0 Å². The molecule has 0 amide bonds. The highest BCUT2D eigenvalue weighted by Crippen LogP contribution is 2.19. The number of rotatable bonds is 6. The largest absolute Gasteiger partial charge is 0.398 e. The zero-order valence-electron chi connectivity index (χ0n) is 10.7. The Morgan fingerprint density at radius 1 is 1.33 bits per heavy atom. The molecule has 1 unspecified atom stereocenters. The van der Waals surface area contributed by atoms with Gasteiger partial charge in [-0.1, -0.05) is 13.0 Å². The molecular formula is C12H19NO3S2. The van der Waals surface area contributed by atoms with Crippen molar-refractivity contribution in [3.05, 3.63) is 23.8 Å². The summed E-state index contributed by atoms with van der Waals surface area (Å²) < 4.78 is 34.7. The number of benzene rings is 1. The molecule has 0 aliphatic heterocycles. The van der Waals surface area contributed by atoms with Crippen LogP contribution in [0, 0.1) is 6.92 Å². The van der Waals surface area contributed by atoms with Gasteiger partial charge in [-0.15, -0.1) is 0 Å². The molecule has 0 heterocycles. The van der Waals surface area contributed by atoms with E-state index in [9.17, 15) is 12.6 Å². The Balaban J connectivity index is 2.64. The van der Waals surface area contributed by atoms with Crippen LogP contribution >= 0.6 is 0 Å². The molecule has 0 saturated heterocycles. The maximum atomic E-state index is 12.1. The van der Waals surface area contributed by atoms with Crippen LogP contribution in [0.25, 0.3) is 0 Å². The molecule has 1 aromatic carbocycles. The van der Waals surface area contributed by atoms with Gasteiger partial charge in [-0.3, -0.25) is 4.21 Å². The summed E-state index contributed by atoms with van der Waals surface area (Å²) in [6, 6.07) is 5.30. The van der Waals surface area contributed by atoms with Crippen LogP contribution in [0.2, 0.25) is 0 Å². The zero-order chi connectivity index (χ0) is 13.8. The lowest BCUT2D eigenvalue weighted by Gasteiger charge is -2.08. The summed E-state index contributed by atoms with van der Waals surface area (Å²) in [6.07, 6.45) is 0.414. The fraction of sp³-hybridized carbons (Fsp3) is 0.500. The van der Waals surface area contributed by atoms with E-state index in [1.165, 1.54) is 0 Å². The number of hydrogen-bond donors (Lipinski definition) is 1. The van der Waals surface area contributed by atoms with E-state index in [2.05, 4.69) is 0 Å². The van der Waals surface area contributed by atoms with E-state index >= 15 is 0 Å². The van der Waals surface area contributed by atoms with Crippen molar-refractivity contribution in [3.8, 4) is 0 Å². The lowest BCUT2D eigenvalue weighted by atomic mass is 10.2. The average molecular weight is 289 g/mol. The van der Waals surface area contributed by atoms with Gasteiger partial charge in [0, 0.05) is 22.1 Å². The molecule has 0 aliphatic rings. The molecule has 1 rings (SSSR count). The normalized spacial score (nSPS) is 13.4. The average Bonchev–Trinajstić information content (AvgIpc) is 2.32. The van der Waals surface area contributed by atoms with Gasteiger partial charge in [0.1, 0.15) is 9.84 Å². The monoisotopic (exact) mass is 289 g/mol. The Morgan fingerprint density at radius 3 is 2.61 bits per heavy atom. The maximum Gasteiger partial charge on any atom is 0.150 e. The van der Waals surface area contributed by atoms with Crippen molar-refractivity contribution in [2.45, 2.75) is 25.2 Å². The minimum Gasteiger partial charge on any atom is -0.398 e. The molecule has 0 fully saturated rings. The van der Waals surface area contributed by atoms with E-state index in [1.807, 2.05) is 6.92 Å². The Labute approximate surface area is 111 Å². The lowest BCUT2D eigenvalue weighted by molar-refractivity contribution is 0.596. The van der Waals surface area contributed by atoms with Crippen LogP contribution in [0.5, 0.6) is 0 Å². The van der Waals surface area contributed by atoms with E-state index in [-0.39, 0.29) is 11.5 Å². The molecule has 0 spiro atoms. The fourth-order valence-corrected chi connectivity index (χ4v) is 3.91. The van der Waals surface area contributed by atoms with E-state index < -0.39 is 20.6 Å². The van der Waals surface area contributed by atoms with Crippen molar-refractivity contribution in [2.24, 2.45) is 0 Å². The second-order valence-electron chi connectivity index (χ2n) is 4.11. The molecule has 0 aliphatic carbocycles. The molecule has 0 aromatic heterocycles. The second-order valence-corrected chi connectivity index (χ2v) is 8.12. The van der Waals surface area contributed by atoms with Crippen molar-refractivity contribution in [1.29, 1.82) is 0 Å². The molecule has 0 bridgehead atoms. The summed E-state index contributed by atoms with van der Waals surface area (Å²) in [5, 5.41) is 0. The smallest absolute Gasteiger partial charge is 0.150 e. The first-order valence-electron chi connectivity index (χ1n) is 5.81. The van der Waals surface area contributed by atoms with Crippen LogP contribution in [0.15, 0.2) is 23.1 Å². The highest BCUT2D eigenvalue weighted by atomic mass is 32.2. The van der Waals surface area contributed by atoms with Crippen molar-refractivity contribution in [1.82, 2.24) is 0 Å². The van der Waals surface area contributed by atoms with E-state index in [4.69, 9.17) is 5.73 Å². The molecule has 18 heavy (non-hydrogen) atoms. The zero-order valence-corrected chi connectivity index (χ0v) is 12.3. The summed E-state index contributed by atoms with van der Waals surface area (Å²) in [6.45, 7) is 3.44. The molecule has 1 atom stereocenters. The summed E-state index contributed by atoms with van der Waals surface area (Å²) in [4.78, 5) is 0.698. The summed E-state index contributed by atoms with van der Waals surface area (Å²) in [5.74, 6) is 0.580. The Kier molecular flexibility index (Phi) is 5.34. The summed E-state index contributed by atoms with van der Waals surface area (Å²) in [7, 11) is -4.16. The lowest BCUT2D eigenvalue weighted by Crippen LogP contribution is -2.12. The minimum atomic E-state index is -2.97. The number of nitrogens with two attached hydrogens (primary N) is 1. The molecule has 102 valence electrons. The molecule has 4 nitrogen and oxygen atoms in total. The minimum absolute atomic E-state index is 0.0939. The van der Waals surface area contributed by atoms with Gasteiger partial charge in [0.15, 0.2) is 0 Å². The van der Waals surface area contributed by atoms with Gasteiger partial charge in [0.05, 0.1) is 16.6 Å². The van der Waals surface area contributed by atoms with Gasteiger partial charge >= 0.3 is 0 Å². The quantitative estimate of drug-likeness (QED) is 0.805. The first-order valence-corrected chi connectivity index (χ1v) is 8.95. The number of anilines is 1. The summed E-state index contributed by atoms with van der Waals surface area (Å²) in [5.41, 5.74) is 7.17. The topological polar surface area (TPSA) is 77.2 Å². The third-order valence-electron chi connectivity index (χ3n) is 2.80. The van der Waals surface area contributed by atoms with Crippen molar-refractivity contribution >= 4 is 26.3 Å². The fourth-order valence-electron chi connectivity index (χ4n) is 1.54. The molecular weight excluding hydrogens is 270 g/mol. The SMILES string of the molecule is CCS(=O)(=O)CCCS(=O)c1cccc(N)c1C. The standard InChI is InChI=1S/C12H19NO3S2/c1-3-18(15,16)9-5-8-17(14)12-7-4-6-11(13)10(12)2/h4,6-7H,3,5,8-9,13H2,1-2H3. The maximum absolute atomic E-state index is 12.1. The number of hydrogen-bond acceptors (Lipinski definition) is 4. The van der Waals surface area contributed by atoms with Crippen LogP contribution in [-0.2, 0) is 20.6 Å². The van der Waals surface area contributed by atoms with Crippen molar-refractivity contribution < 1.29 is 12.6 Å². The van der Waals surface area contributed by atoms with Crippen LogP contribution in [0.3, 0.4) is 0 Å². The van der Waals surface area contributed by atoms with E-state index in [1.54, 1.807) is 25.1 Å². The molecule has 0 radical (unpaired) electrons. The third-order valence-corrected chi connectivity index (χ3v) is 6.18. The van der Waals surface area contributed by atoms with Gasteiger partial charge < -0.3 is 5.73 Å². The van der Waals surface area contributed by atoms with Gasteiger partial charge in [-0.2, -0.15) is 0 Å². The predicted molar refractivity (Wildman–Crippen MR) is 75.8 cm³/mol. The van der Waals surface area contributed by atoms with Gasteiger partial charge in [0.25, 0.3) is 0 Å². The highest BCUT2D eigenvalue weighted by molar-refractivity contribution is 7.91. The predicted octanol–water partition coefficient (Wildman–Crippen LogP) is 1.51. The van der Waals surface area contributed by atoms with E-state index in [0.29, 0.717) is 22.8 Å². The van der Waals surface area contributed by atoms with E-state index in [0.717, 1.165) is 5.56 Å². The molecule has 1 aromatic rings. The molecule has 6 heteroatoms. The van der Waals surface area contributed by atoms with Crippen LogP contribution in [0.1, 0.15) is 18.9 Å². The third kappa shape index (κ3) is 4.10. The van der Waals surface area contributed by atoms with Crippen molar-refractivity contribution in [2.75, 3.05) is 23.0 Å². The summed E-state index contributed by atoms with van der Waals surface area (Å²) >= 11 is 0. The van der Waals surface area contributed by atoms with Gasteiger partial charge in [-0.25, -0.2) is 8.42 Å². The first-order chi connectivity index (χ1) is 8.37. The van der Waals surface area contributed by atoms with Crippen LogP contribution in [-0.4, -0.2) is 29.9 Å². The number of nitrogen functional groups attached to an aromatic ring is 1. The number of sulfone groups is 1. The molecule has 0 saturated carbocycles. The second kappa shape index (κ2) is 6.33. The molecule has 2 N–H and O–H groups in total. The first kappa shape index (κ1) is 15.2. The van der Waals surface area contributed by atoms with Gasteiger partial charge in [0.2, 0.25) is 0 Å². The van der Waals surface area contributed by atoms with Crippen LogP contribution < -0.4 is 5.73 Å².